The molecule has 14 heavy (non-hydrogen) atoms. The van der Waals surface area contributed by atoms with Crippen molar-refractivity contribution in [2.75, 3.05) is 20.0 Å². The van der Waals surface area contributed by atoms with E-state index in [0.717, 1.165) is 0 Å². The minimum Gasteiger partial charge on any atom is -0.353 e. The Morgan fingerprint density at radius 1 is 1.36 bits per heavy atom. The largest absolute Gasteiger partial charge is 0.353 e. The normalized spacial score (nSPS) is 18.3. The predicted molar refractivity (Wildman–Crippen MR) is 47.1 cm³/mol. The fourth-order valence-corrected chi connectivity index (χ4v) is 1.35. The zero-order valence-electron chi connectivity index (χ0n) is 7.43. The number of ether oxygens (including phenoxy) is 2. The number of H-pyrrole nitrogens is 1. The molecule has 0 radical (unpaired) electrons. The van der Waals surface area contributed by atoms with Crippen molar-refractivity contribution in [2.45, 2.75) is 6.04 Å². The number of aromatic nitrogens is 2. The van der Waals surface area contributed by atoms with Crippen molar-refractivity contribution in [1.82, 2.24) is 9.55 Å². The molecule has 1 aromatic heterocycles. The third kappa shape index (κ3) is 1.75. The Morgan fingerprint density at radius 2 is 2.07 bits per heavy atom. The summed E-state index contributed by atoms with van der Waals surface area (Å²) in [4.78, 5) is 24.3. The molecule has 76 valence electrons. The van der Waals surface area contributed by atoms with Crippen molar-refractivity contribution >= 4 is 0 Å². The summed E-state index contributed by atoms with van der Waals surface area (Å²) in [6, 6.07) is 1.14. The van der Waals surface area contributed by atoms with Crippen LogP contribution in [0.15, 0.2) is 21.9 Å². The van der Waals surface area contributed by atoms with Crippen LogP contribution in [0.25, 0.3) is 0 Å². The van der Waals surface area contributed by atoms with Gasteiger partial charge in [-0.1, -0.05) is 0 Å². The SMILES string of the molecule is O=c1ccn(C2COCOC2)c(=O)[nH]1. The van der Waals surface area contributed by atoms with Crippen LogP contribution in [0.3, 0.4) is 0 Å². The Bertz CT molecular complexity index is 416. The van der Waals surface area contributed by atoms with Crippen molar-refractivity contribution in [2.24, 2.45) is 0 Å². The van der Waals surface area contributed by atoms with Gasteiger partial charge >= 0.3 is 5.69 Å². The van der Waals surface area contributed by atoms with Crippen molar-refractivity contribution in [3.05, 3.63) is 33.1 Å². The molecule has 0 amide bonds. The average molecular weight is 198 g/mol. The van der Waals surface area contributed by atoms with Gasteiger partial charge in [-0.25, -0.2) is 4.79 Å². The highest BCUT2D eigenvalue weighted by Gasteiger charge is 2.16. The molecule has 1 aromatic rings. The van der Waals surface area contributed by atoms with Gasteiger partial charge in [0.05, 0.1) is 19.3 Å². The predicted octanol–water partition coefficient (Wildman–Crippen LogP) is -0.918. The first kappa shape index (κ1) is 9.17. The van der Waals surface area contributed by atoms with Crippen LogP contribution >= 0.6 is 0 Å². The third-order valence-electron chi connectivity index (χ3n) is 2.03. The molecule has 6 nitrogen and oxygen atoms in total. The molecular formula is C8H10N2O4. The van der Waals surface area contributed by atoms with Crippen LogP contribution in [0.2, 0.25) is 0 Å². The standard InChI is InChI=1S/C8H10N2O4/c11-7-1-2-10(8(12)9-7)6-3-13-5-14-4-6/h1-2,6H,3-5H2,(H,9,11,12). The Labute approximate surface area is 79.1 Å². The highest BCUT2D eigenvalue weighted by atomic mass is 16.7. The minimum absolute atomic E-state index is 0.159. The van der Waals surface area contributed by atoms with E-state index < -0.39 is 11.2 Å². The molecule has 1 aliphatic heterocycles. The van der Waals surface area contributed by atoms with E-state index in [1.54, 1.807) is 0 Å². The van der Waals surface area contributed by atoms with Crippen molar-refractivity contribution in [3.8, 4) is 0 Å². The first-order valence-electron chi connectivity index (χ1n) is 4.24. The Hall–Kier alpha value is -1.40. The monoisotopic (exact) mass is 198 g/mol. The van der Waals surface area contributed by atoms with Crippen molar-refractivity contribution < 1.29 is 9.47 Å². The molecule has 1 fully saturated rings. The van der Waals surface area contributed by atoms with E-state index in [-0.39, 0.29) is 12.8 Å². The Kier molecular flexibility index (Phi) is 2.47. The summed E-state index contributed by atoms with van der Waals surface area (Å²) < 4.78 is 11.5. The topological polar surface area (TPSA) is 73.3 Å². The van der Waals surface area contributed by atoms with Crippen LogP contribution in [0, 0.1) is 0 Å². The van der Waals surface area contributed by atoms with E-state index in [0.29, 0.717) is 13.2 Å². The molecule has 0 saturated carbocycles. The van der Waals surface area contributed by atoms with E-state index in [4.69, 9.17) is 9.47 Å². The van der Waals surface area contributed by atoms with E-state index in [9.17, 15) is 9.59 Å². The van der Waals surface area contributed by atoms with Gasteiger partial charge in [0.15, 0.2) is 0 Å². The van der Waals surface area contributed by atoms with Gasteiger partial charge in [0, 0.05) is 12.3 Å². The summed E-state index contributed by atoms with van der Waals surface area (Å²) in [7, 11) is 0. The van der Waals surface area contributed by atoms with Gasteiger partial charge in [-0.05, 0) is 0 Å². The van der Waals surface area contributed by atoms with E-state index in [2.05, 4.69) is 4.98 Å². The average Bonchev–Trinajstić information content (AvgIpc) is 2.19. The van der Waals surface area contributed by atoms with Gasteiger partial charge in [0.1, 0.15) is 6.79 Å². The number of hydrogen-bond acceptors (Lipinski definition) is 4. The van der Waals surface area contributed by atoms with Crippen LogP contribution in [0.5, 0.6) is 0 Å². The van der Waals surface area contributed by atoms with Crippen LogP contribution in [-0.4, -0.2) is 29.6 Å². The zero-order chi connectivity index (χ0) is 9.97. The molecule has 0 aromatic carbocycles. The van der Waals surface area contributed by atoms with Crippen LogP contribution in [0.4, 0.5) is 0 Å². The Morgan fingerprint density at radius 3 is 2.71 bits per heavy atom. The van der Waals surface area contributed by atoms with Crippen molar-refractivity contribution in [3.63, 3.8) is 0 Å². The van der Waals surface area contributed by atoms with Crippen LogP contribution in [0.1, 0.15) is 6.04 Å². The first-order valence-corrected chi connectivity index (χ1v) is 4.24. The molecule has 0 bridgehead atoms. The number of aromatic amines is 1. The number of rotatable bonds is 1. The smallest absolute Gasteiger partial charge is 0.328 e. The molecule has 2 heterocycles. The van der Waals surface area contributed by atoms with Gasteiger partial charge in [0.2, 0.25) is 0 Å². The minimum atomic E-state index is -0.434. The maximum absolute atomic E-state index is 11.3. The maximum Gasteiger partial charge on any atom is 0.328 e. The summed E-state index contributed by atoms with van der Waals surface area (Å²) in [5.41, 5.74) is -0.833. The molecule has 6 heteroatoms. The molecule has 0 spiro atoms. The van der Waals surface area contributed by atoms with E-state index >= 15 is 0 Å². The molecular weight excluding hydrogens is 188 g/mol. The molecule has 2 rings (SSSR count). The quantitative estimate of drug-likeness (QED) is 0.633. The fraction of sp³-hybridized carbons (Fsp3) is 0.500. The molecule has 0 atom stereocenters. The van der Waals surface area contributed by atoms with Crippen molar-refractivity contribution in [1.29, 1.82) is 0 Å². The number of nitrogens with zero attached hydrogens (tertiary/aromatic N) is 1. The maximum atomic E-state index is 11.3. The second-order valence-electron chi connectivity index (χ2n) is 3.03. The van der Waals surface area contributed by atoms with Crippen LogP contribution in [-0.2, 0) is 9.47 Å². The lowest BCUT2D eigenvalue weighted by Gasteiger charge is -2.23. The molecule has 1 N–H and O–H groups in total. The lowest BCUT2D eigenvalue weighted by molar-refractivity contribution is -0.121. The third-order valence-corrected chi connectivity index (χ3v) is 2.03. The summed E-state index contributed by atoms with van der Waals surface area (Å²) >= 11 is 0. The second-order valence-corrected chi connectivity index (χ2v) is 3.03. The van der Waals surface area contributed by atoms with Gasteiger partial charge in [0.25, 0.3) is 5.56 Å². The lowest BCUT2D eigenvalue weighted by atomic mass is 10.3. The summed E-state index contributed by atoms with van der Waals surface area (Å²) in [6.07, 6.45) is 1.45. The summed E-state index contributed by atoms with van der Waals surface area (Å²) in [6.45, 7) is 1.10. The van der Waals surface area contributed by atoms with E-state index in [1.807, 2.05) is 0 Å². The van der Waals surface area contributed by atoms with Gasteiger partial charge in [-0.3, -0.25) is 14.3 Å². The first-order chi connectivity index (χ1) is 6.77. The molecule has 0 unspecified atom stereocenters. The fourth-order valence-electron chi connectivity index (χ4n) is 1.35. The summed E-state index contributed by atoms with van der Waals surface area (Å²) in [5, 5.41) is 0. The van der Waals surface area contributed by atoms with E-state index in [1.165, 1.54) is 16.8 Å². The highest BCUT2D eigenvalue weighted by molar-refractivity contribution is 4.86. The van der Waals surface area contributed by atoms with Crippen LogP contribution < -0.4 is 11.2 Å². The number of hydrogen-bond donors (Lipinski definition) is 1. The van der Waals surface area contributed by atoms with Gasteiger partial charge in [-0.2, -0.15) is 0 Å². The molecule has 1 saturated heterocycles. The Balaban J connectivity index is 2.31. The highest BCUT2D eigenvalue weighted by Crippen LogP contribution is 2.08. The molecule has 0 aliphatic carbocycles. The van der Waals surface area contributed by atoms with Gasteiger partial charge < -0.3 is 9.47 Å². The lowest BCUT2D eigenvalue weighted by Crippen LogP contribution is -2.37. The second kappa shape index (κ2) is 3.77. The zero-order valence-corrected chi connectivity index (χ0v) is 7.43. The summed E-state index contributed by atoms with van der Waals surface area (Å²) in [5.74, 6) is 0. The van der Waals surface area contributed by atoms with Gasteiger partial charge in [-0.15, -0.1) is 0 Å². The number of nitrogens with one attached hydrogen (secondary N) is 1. The molecule has 1 aliphatic rings.